The molecule has 2 heterocycles. The summed E-state index contributed by atoms with van der Waals surface area (Å²) < 4.78 is 28.1. The van der Waals surface area contributed by atoms with Crippen LogP contribution in [-0.2, 0) is 21.2 Å². The Bertz CT molecular complexity index is 746. The zero-order valence-corrected chi connectivity index (χ0v) is 16.7. The fourth-order valence-electron chi connectivity index (χ4n) is 4.09. The van der Waals surface area contributed by atoms with E-state index in [9.17, 15) is 13.2 Å². The number of sulfonamides is 1. The van der Waals surface area contributed by atoms with Gasteiger partial charge in [-0.25, -0.2) is 8.42 Å². The van der Waals surface area contributed by atoms with E-state index in [0.29, 0.717) is 17.5 Å². The first-order valence-electron chi connectivity index (χ1n) is 9.32. The molecule has 0 bridgehead atoms. The molecule has 144 valence electrons. The number of likely N-dealkylation sites (N-methyl/N-ethyl adjacent to an activating group) is 2. The van der Waals surface area contributed by atoms with Gasteiger partial charge in [0.25, 0.3) is 0 Å². The Labute approximate surface area is 156 Å². The molecule has 2 fully saturated rings. The number of carbonyl (C=O) groups is 1. The number of amides is 1. The molecule has 0 N–H and O–H groups in total. The molecule has 0 spiro atoms. The van der Waals surface area contributed by atoms with Crippen molar-refractivity contribution in [1.82, 2.24) is 14.1 Å². The summed E-state index contributed by atoms with van der Waals surface area (Å²) in [5.74, 6) is 0.00415. The average Bonchev–Trinajstić information content (AvgIpc) is 2.95. The second-order valence-electron chi connectivity index (χ2n) is 7.62. The van der Waals surface area contributed by atoms with Crippen molar-refractivity contribution in [3.63, 3.8) is 0 Å². The lowest BCUT2D eigenvalue weighted by molar-refractivity contribution is -0.127. The number of nitrogens with zero attached hydrogens (tertiary/aromatic N) is 3. The summed E-state index contributed by atoms with van der Waals surface area (Å²) in [5.41, 5.74) is 0.830. The van der Waals surface area contributed by atoms with E-state index in [-0.39, 0.29) is 18.4 Å². The Balaban J connectivity index is 1.78. The first-order chi connectivity index (χ1) is 12.3. The highest BCUT2D eigenvalue weighted by molar-refractivity contribution is 7.89. The fraction of sp³-hybridized carbons (Fsp3) is 0.632. The van der Waals surface area contributed by atoms with Gasteiger partial charge in [0, 0.05) is 32.7 Å². The molecule has 0 saturated carbocycles. The number of rotatable bonds is 4. The Morgan fingerprint density at radius 1 is 1.08 bits per heavy atom. The Morgan fingerprint density at radius 3 is 2.42 bits per heavy atom. The van der Waals surface area contributed by atoms with Crippen LogP contribution in [0.25, 0.3) is 0 Å². The molecule has 6 nitrogen and oxygen atoms in total. The van der Waals surface area contributed by atoms with Gasteiger partial charge in [0.2, 0.25) is 15.9 Å². The lowest BCUT2D eigenvalue weighted by Crippen LogP contribution is -2.44. The summed E-state index contributed by atoms with van der Waals surface area (Å²) in [6.07, 6.45) is 4.32. The van der Waals surface area contributed by atoms with Gasteiger partial charge in [-0.2, -0.15) is 4.31 Å². The monoisotopic (exact) mass is 379 g/mol. The SMILES string of the molecule is CN(C)C(=O)Cc1ccc(S(=O)(=O)N2CC[C@@H]3[C@H]2CCCCN3C)cc1. The van der Waals surface area contributed by atoms with Crippen molar-refractivity contribution in [1.29, 1.82) is 0 Å². The standard InChI is InChI=1S/C19H29N3O3S/c1-20(2)19(23)14-15-7-9-16(10-8-15)26(24,25)22-13-11-17-18(22)6-4-5-12-21(17)3/h7-10,17-18H,4-6,11-14H2,1-3H3/t17-,18-/m1/s1. The maximum atomic E-state index is 13.2. The second kappa shape index (κ2) is 7.66. The van der Waals surface area contributed by atoms with Crippen LogP contribution >= 0.6 is 0 Å². The molecule has 0 radical (unpaired) electrons. The van der Waals surface area contributed by atoms with Gasteiger partial charge in [0.05, 0.1) is 11.3 Å². The van der Waals surface area contributed by atoms with Crippen LogP contribution in [0.1, 0.15) is 31.2 Å². The third-order valence-corrected chi connectivity index (χ3v) is 7.61. The molecule has 2 atom stereocenters. The van der Waals surface area contributed by atoms with Crippen LogP contribution in [0.3, 0.4) is 0 Å². The Morgan fingerprint density at radius 2 is 1.77 bits per heavy atom. The van der Waals surface area contributed by atoms with Crippen molar-refractivity contribution in [2.75, 3.05) is 34.2 Å². The summed E-state index contributed by atoms with van der Waals surface area (Å²) in [7, 11) is 2.04. The van der Waals surface area contributed by atoms with Gasteiger partial charge in [-0.05, 0) is 50.6 Å². The van der Waals surface area contributed by atoms with Crippen molar-refractivity contribution in [2.24, 2.45) is 0 Å². The van der Waals surface area contributed by atoms with Gasteiger partial charge in [-0.15, -0.1) is 0 Å². The van der Waals surface area contributed by atoms with Crippen molar-refractivity contribution in [2.45, 2.75) is 49.1 Å². The van der Waals surface area contributed by atoms with E-state index in [1.54, 1.807) is 42.7 Å². The number of carbonyl (C=O) groups excluding carboxylic acids is 1. The van der Waals surface area contributed by atoms with E-state index < -0.39 is 10.0 Å². The first-order valence-corrected chi connectivity index (χ1v) is 10.8. The van der Waals surface area contributed by atoms with Crippen LogP contribution in [0.2, 0.25) is 0 Å². The highest BCUT2D eigenvalue weighted by Gasteiger charge is 2.43. The lowest BCUT2D eigenvalue weighted by Gasteiger charge is -2.30. The maximum absolute atomic E-state index is 13.2. The first kappa shape index (κ1) is 19.3. The van der Waals surface area contributed by atoms with E-state index in [4.69, 9.17) is 0 Å². The quantitative estimate of drug-likeness (QED) is 0.797. The molecule has 1 amide bonds. The molecule has 0 aromatic heterocycles. The second-order valence-corrected chi connectivity index (χ2v) is 9.51. The van der Waals surface area contributed by atoms with Gasteiger partial charge in [-0.1, -0.05) is 18.6 Å². The topological polar surface area (TPSA) is 60.9 Å². The smallest absolute Gasteiger partial charge is 0.243 e. The summed E-state index contributed by atoms with van der Waals surface area (Å²) in [5, 5.41) is 0. The van der Waals surface area contributed by atoms with Crippen molar-refractivity contribution < 1.29 is 13.2 Å². The molecule has 2 aliphatic rings. The molecular weight excluding hydrogens is 350 g/mol. The van der Waals surface area contributed by atoms with Gasteiger partial charge in [-0.3, -0.25) is 4.79 Å². The Hall–Kier alpha value is -1.44. The van der Waals surface area contributed by atoms with E-state index in [1.165, 1.54) is 4.90 Å². The van der Waals surface area contributed by atoms with E-state index in [0.717, 1.165) is 37.8 Å². The molecule has 0 aliphatic carbocycles. The highest BCUT2D eigenvalue weighted by Crippen LogP contribution is 2.33. The van der Waals surface area contributed by atoms with E-state index >= 15 is 0 Å². The predicted octanol–water partition coefficient (Wildman–Crippen LogP) is 1.56. The van der Waals surface area contributed by atoms with Crippen LogP contribution in [0.5, 0.6) is 0 Å². The Kier molecular flexibility index (Phi) is 5.69. The molecule has 1 aromatic rings. The normalized spacial score (nSPS) is 24.9. The number of hydrogen-bond acceptors (Lipinski definition) is 4. The predicted molar refractivity (Wildman–Crippen MR) is 101 cm³/mol. The largest absolute Gasteiger partial charge is 0.349 e. The number of likely N-dealkylation sites (tertiary alicyclic amines) is 1. The molecular formula is C19H29N3O3S. The van der Waals surface area contributed by atoms with E-state index in [1.807, 2.05) is 0 Å². The lowest BCUT2D eigenvalue weighted by atomic mass is 10.1. The van der Waals surface area contributed by atoms with Crippen molar-refractivity contribution in [3.8, 4) is 0 Å². The van der Waals surface area contributed by atoms with Crippen LogP contribution in [-0.4, -0.2) is 74.7 Å². The van der Waals surface area contributed by atoms with Gasteiger partial charge < -0.3 is 9.80 Å². The molecule has 7 heteroatoms. The molecule has 2 saturated heterocycles. The molecule has 26 heavy (non-hydrogen) atoms. The van der Waals surface area contributed by atoms with Crippen LogP contribution in [0, 0.1) is 0 Å². The fourth-order valence-corrected chi connectivity index (χ4v) is 5.79. The highest BCUT2D eigenvalue weighted by atomic mass is 32.2. The molecule has 2 aliphatic heterocycles. The molecule has 1 aromatic carbocycles. The van der Waals surface area contributed by atoms with Crippen molar-refractivity contribution in [3.05, 3.63) is 29.8 Å². The summed E-state index contributed by atoms with van der Waals surface area (Å²) in [6.45, 7) is 1.63. The zero-order valence-electron chi connectivity index (χ0n) is 15.9. The molecule has 0 unspecified atom stereocenters. The maximum Gasteiger partial charge on any atom is 0.243 e. The third-order valence-electron chi connectivity index (χ3n) is 5.67. The van der Waals surface area contributed by atoms with Crippen LogP contribution in [0.4, 0.5) is 0 Å². The zero-order chi connectivity index (χ0) is 18.9. The third kappa shape index (κ3) is 3.80. The minimum absolute atomic E-state index is 0.00415. The number of fused-ring (bicyclic) bond motifs is 1. The van der Waals surface area contributed by atoms with Gasteiger partial charge in [0.15, 0.2) is 0 Å². The minimum atomic E-state index is -3.50. The number of benzene rings is 1. The minimum Gasteiger partial charge on any atom is -0.349 e. The summed E-state index contributed by atoms with van der Waals surface area (Å²) in [6, 6.07) is 7.18. The molecule has 3 rings (SSSR count). The van der Waals surface area contributed by atoms with Crippen LogP contribution in [0.15, 0.2) is 29.2 Å². The van der Waals surface area contributed by atoms with Crippen molar-refractivity contribution >= 4 is 15.9 Å². The van der Waals surface area contributed by atoms with E-state index in [2.05, 4.69) is 11.9 Å². The van der Waals surface area contributed by atoms with Gasteiger partial charge in [0.1, 0.15) is 0 Å². The summed E-state index contributed by atoms with van der Waals surface area (Å²) in [4.78, 5) is 16.0. The summed E-state index contributed by atoms with van der Waals surface area (Å²) >= 11 is 0. The van der Waals surface area contributed by atoms with Crippen LogP contribution < -0.4 is 0 Å². The number of hydrogen-bond donors (Lipinski definition) is 0. The average molecular weight is 380 g/mol. The van der Waals surface area contributed by atoms with Gasteiger partial charge >= 0.3 is 0 Å².